The fourth-order valence-electron chi connectivity index (χ4n) is 1.47. The Morgan fingerprint density at radius 3 is 3.06 bits per heavy atom. The number of nitrogens with zero attached hydrogens (tertiary/aromatic N) is 2. The molecule has 1 heterocycles. The van der Waals surface area contributed by atoms with Gasteiger partial charge in [0, 0.05) is 22.6 Å². The molecule has 0 radical (unpaired) electrons. The van der Waals surface area contributed by atoms with E-state index in [-0.39, 0.29) is 0 Å². The third-order valence-corrected chi connectivity index (χ3v) is 2.85. The highest BCUT2D eigenvalue weighted by Gasteiger charge is 1.99. The van der Waals surface area contributed by atoms with Crippen molar-refractivity contribution in [2.75, 3.05) is 11.9 Å². The van der Waals surface area contributed by atoms with E-state index in [4.69, 9.17) is 0 Å². The second kappa shape index (κ2) is 5.25. The van der Waals surface area contributed by atoms with Crippen LogP contribution in [0.2, 0.25) is 0 Å². The maximum Gasteiger partial charge on any atom is 0.223 e. The third-order valence-electron chi connectivity index (χ3n) is 2.36. The van der Waals surface area contributed by atoms with Gasteiger partial charge in [0.25, 0.3) is 0 Å². The Kier molecular flexibility index (Phi) is 3.72. The zero-order valence-corrected chi connectivity index (χ0v) is 10.8. The molecule has 3 nitrogen and oxygen atoms in total. The van der Waals surface area contributed by atoms with Gasteiger partial charge < -0.3 is 5.32 Å². The molecule has 4 heteroatoms. The first-order valence-corrected chi connectivity index (χ1v) is 6.25. The highest BCUT2D eigenvalue weighted by atomic mass is 79.9. The van der Waals surface area contributed by atoms with Gasteiger partial charge in [-0.1, -0.05) is 29.3 Å². The molecule has 16 heavy (non-hydrogen) atoms. The number of anilines is 1. The molecule has 0 unspecified atom stereocenters. The van der Waals surface area contributed by atoms with Crippen LogP contribution in [0.4, 0.5) is 5.95 Å². The van der Waals surface area contributed by atoms with Crippen LogP contribution in [0.1, 0.15) is 19.8 Å². The number of halogens is 1. The number of benzene rings is 1. The molecule has 0 aliphatic heterocycles. The van der Waals surface area contributed by atoms with Gasteiger partial charge in [-0.2, -0.15) is 0 Å². The van der Waals surface area contributed by atoms with E-state index in [1.165, 1.54) is 6.42 Å². The lowest BCUT2D eigenvalue weighted by Crippen LogP contribution is -2.04. The van der Waals surface area contributed by atoms with Crippen LogP contribution in [-0.4, -0.2) is 16.5 Å². The summed E-state index contributed by atoms with van der Waals surface area (Å²) in [4.78, 5) is 8.72. The molecule has 2 aromatic rings. The Balaban J connectivity index is 2.20. The predicted octanol–water partition coefficient (Wildman–Crippen LogP) is 3.60. The summed E-state index contributed by atoms with van der Waals surface area (Å²) in [5, 5.41) is 4.27. The van der Waals surface area contributed by atoms with Crippen molar-refractivity contribution in [2.45, 2.75) is 19.8 Å². The van der Waals surface area contributed by atoms with Crippen molar-refractivity contribution in [1.29, 1.82) is 0 Å². The molecule has 0 aliphatic carbocycles. The molecule has 0 fully saturated rings. The van der Waals surface area contributed by atoms with E-state index in [9.17, 15) is 0 Å². The lowest BCUT2D eigenvalue weighted by Gasteiger charge is -2.04. The monoisotopic (exact) mass is 279 g/mol. The molecule has 0 saturated heterocycles. The Morgan fingerprint density at radius 1 is 1.38 bits per heavy atom. The van der Waals surface area contributed by atoms with Gasteiger partial charge >= 0.3 is 0 Å². The number of rotatable bonds is 4. The first-order valence-electron chi connectivity index (χ1n) is 5.46. The Morgan fingerprint density at radius 2 is 2.25 bits per heavy atom. The van der Waals surface area contributed by atoms with Crippen LogP contribution in [0.5, 0.6) is 0 Å². The molecule has 0 bridgehead atoms. The summed E-state index contributed by atoms with van der Waals surface area (Å²) in [6.45, 7) is 3.10. The highest BCUT2D eigenvalue weighted by Crippen LogP contribution is 2.18. The van der Waals surface area contributed by atoms with E-state index in [0.29, 0.717) is 5.95 Å². The topological polar surface area (TPSA) is 37.8 Å². The first-order chi connectivity index (χ1) is 7.79. The average molecular weight is 280 g/mol. The highest BCUT2D eigenvalue weighted by molar-refractivity contribution is 9.10. The minimum atomic E-state index is 0.711. The summed E-state index contributed by atoms with van der Waals surface area (Å²) in [6, 6.07) is 6.00. The number of nitrogens with one attached hydrogen (secondary N) is 1. The normalized spacial score (nSPS) is 10.6. The van der Waals surface area contributed by atoms with Crippen LogP contribution < -0.4 is 5.32 Å². The molecule has 84 valence electrons. The minimum absolute atomic E-state index is 0.711. The van der Waals surface area contributed by atoms with E-state index in [1.54, 1.807) is 0 Å². The average Bonchev–Trinajstić information content (AvgIpc) is 2.29. The summed E-state index contributed by atoms with van der Waals surface area (Å²) >= 11 is 3.43. The fraction of sp³-hybridized carbons (Fsp3) is 0.333. The quantitative estimate of drug-likeness (QED) is 0.869. The molecule has 1 aromatic heterocycles. The zero-order chi connectivity index (χ0) is 11.4. The molecule has 0 aliphatic rings. The minimum Gasteiger partial charge on any atom is -0.354 e. The van der Waals surface area contributed by atoms with Crippen molar-refractivity contribution in [2.24, 2.45) is 0 Å². The van der Waals surface area contributed by atoms with Gasteiger partial charge in [0.05, 0.1) is 5.52 Å². The SMILES string of the molecule is CCCCNc1ncc2cc(Br)ccc2n1. The summed E-state index contributed by atoms with van der Waals surface area (Å²) < 4.78 is 1.05. The molecule has 2 rings (SSSR count). The Labute approximate surface area is 103 Å². The molecule has 1 aromatic carbocycles. The van der Waals surface area contributed by atoms with E-state index in [1.807, 2.05) is 24.4 Å². The van der Waals surface area contributed by atoms with Crippen molar-refractivity contribution < 1.29 is 0 Å². The number of hydrogen-bond donors (Lipinski definition) is 1. The van der Waals surface area contributed by atoms with E-state index in [0.717, 1.165) is 28.3 Å². The number of hydrogen-bond acceptors (Lipinski definition) is 3. The standard InChI is InChI=1S/C12H14BrN3/c1-2-3-6-14-12-15-8-9-7-10(13)4-5-11(9)16-12/h4-5,7-8H,2-3,6H2,1H3,(H,14,15,16). The summed E-state index contributed by atoms with van der Waals surface area (Å²) in [5.41, 5.74) is 0.970. The molecular formula is C12H14BrN3. The van der Waals surface area contributed by atoms with E-state index < -0.39 is 0 Å². The number of fused-ring (bicyclic) bond motifs is 1. The largest absolute Gasteiger partial charge is 0.354 e. The maximum atomic E-state index is 4.45. The van der Waals surface area contributed by atoms with Crippen LogP contribution in [-0.2, 0) is 0 Å². The lowest BCUT2D eigenvalue weighted by atomic mass is 10.2. The van der Waals surface area contributed by atoms with Gasteiger partial charge in [0.2, 0.25) is 5.95 Å². The molecule has 0 atom stereocenters. The second-order valence-electron chi connectivity index (χ2n) is 3.68. The first kappa shape index (κ1) is 11.3. The van der Waals surface area contributed by atoms with Gasteiger partial charge in [-0.25, -0.2) is 9.97 Å². The van der Waals surface area contributed by atoms with Crippen molar-refractivity contribution in [1.82, 2.24) is 9.97 Å². The molecule has 1 N–H and O–H groups in total. The van der Waals surface area contributed by atoms with Gasteiger partial charge in [-0.15, -0.1) is 0 Å². The maximum absolute atomic E-state index is 4.45. The van der Waals surface area contributed by atoms with E-state index >= 15 is 0 Å². The van der Waals surface area contributed by atoms with Gasteiger partial charge in [-0.3, -0.25) is 0 Å². The molecule has 0 amide bonds. The number of aromatic nitrogens is 2. The van der Waals surface area contributed by atoms with Crippen LogP contribution in [0.25, 0.3) is 10.9 Å². The third kappa shape index (κ3) is 2.70. The smallest absolute Gasteiger partial charge is 0.223 e. The van der Waals surface area contributed by atoms with Crippen LogP contribution in [0.15, 0.2) is 28.9 Å². The van der Waals surface area contributed by atoms with Crippen LogP contribution >= 0.6 is 15.9 Å². The van der Waals surface area contributed by atoms with Gasteiger partial charge in [-0.05, 0) is 24.6 Å². The second-order valence-corrected chi connectivity index (χ2v) is 4.59. The van der Waals surface area contributed by atoms with Crippen molar-refractivity contribution in [3.05, 3.63) is 28.9 Å². The molecular weight excluding hydrogens is 266 g/mol. The van der Waals surface area contributed by atoms with Crippen molar-refractivity contribution >= 4 is 32.8 Å². The van der Waals surface area contributed by atoms with Gasteiger partial charge in [0.1, 0.15) is 0 Å². The van der Waals surface area contributed by atoms with Crippen LogP contribution in [0.3, 0.4) is 0 Å². The fourth-order valence-corrected chi connectivity index (χ4v) is 1.85. The number of unbranched alkanes of at least 4 members (excludes halogenated alkanes) is 1. The predicted molar refractivity (Wildman–Crippen MR) is 70.6 cm³/mol. The van der Waals surface area contributed by atoms with Crippen molar-refractivity contribution in [3.8, 4) is 0 Å². The van der Waals surface area contributed by atoms with Crippen LogP contribution in [0, 0.1) is 0 Å². The summed E-state index contributed by atoms with van der Waals surface area (Å²) in [5.74, 6) is 0.711. The van der Waals surface area contributed by atoms with E-state index in [2.05, 4.69) is 38.1 Å². The zero-order valence-electron chi connectivity index (χ0n) is 9.20. The summed E-state index contributed by atoms with van der Waals surface area (Å²) in [6.07, 6.45) is 4.16. The van der Waals surface area contributed by atoms with Crippen molar-refractivity contribution in [3.63, 3.8) is 0 Å². The summed E-state index contributed by atoms with van der Waals surface area (Å²) in [7, 11) is 0. The Hall–Kier alpha value is -1.16. The Bertz CT molecular complexity index is 485. The molecule has 0 spiro atoms. The van der Waals surface area contributed by atoms with Gasteiger partial charge in [0.15, 0.2) is 0 Å². The molecule has 0 saturated carbocycles. The lowest BCUT2D eigenvalue weighted by molar-refractivity contribution is 0.827.